The van der Waals surface area contributed by atoms with E-state index in [-0.39, 0.29) is 0 Å². The van der Waals surface area contributed by atoms with Crippen molar-refractivity contribution in [3.8, 4) is 23.0 Å². The van der Waals surface area contributed by atoms with E-state index in [0.717, 1.165) is 88.6 Å². The topological polar surface area (TPSA) is 97.7 Å². The maximum absolute atomic E-state index is 6.98. The molecule has 0 saturated heterocycles. The van der Waals surface area contributed by atoms with E-state index in [2.05, 4.69) is 52.0 Å². The van der Waals surface area contributed by atoms with Gasteiger partial charge in [-0.05, 0) is 126 Å². The molecule has 272 valence electrons. The first kappa shape index (κ1) is 36.7. The number of nitrogens with zero attached hydrogens (tertiary/aromatic N) is 4. The van der Waals surface area contributed by atoms with Crippen molar-refractivity contribution >= 4 is 73.9 Å². The summed E-state index contributed by atoms with van der Waals surface area (Å²) in [6, 6.07) is 31.9. The van der Waals surface area contributed by atoms with Crippen molar-refractivity contribution < 1.29 is 18.0 Å². The average Bonchev–Trinajstić information content (AvgIpc) is 3.13. The summed E-state index contributed by atoms with van der Waals surface area (Å²) in [6.07, 6.45) is 0. The van der Waals surface area contributed by atoms with Crippen LogP contribution in [0.3, 0.4) is 0 Å². The van der Waals surface area contributed by atoms with Gasteiger partial charge >= 0.3 is 30.3 Å². The molecule has 0 aliphatic carbocycles. The van der Waals surface area contributed by atoms with Gasteiger partial charge in [-0.3, -0.25) is 0 Å². The summed E-state index contributed by atoms with van der Waals surface area (Å²) in [5.74, 6) is 2.19. The SMILES string of the molecule is Cc1cc(C)c2cccc([O][Al]([O]c3cccc4c(C)cc(C)nc34)[O][Al]([O]c3cccc4c(C)cc(C)nc34)[O]c3cccc4c(C)cc(C)nc34)c2n1. The highest BCUT2D eigenvalue weighted by Crippen LogP contribution is 2.33. The summed E-state index contributed by atoms with van der Waals surface area (Å²) in [5.41, 5.74) is 10.8. The highest BCUT2D eigenvalue weighted by atomic mass is 27.3. The lowest BCUT2D eigenvalue weighted by Crippen LogP contribution is -2.45. The third-order valence-corrected chi connectivity index (χ3v) is 13.2. The zero-order valence-electron chi connectivity index (χ0n) is 32.2. The van der Waals surface area contributed by atoms with E-state index in [4.69, 9.17) is 37.9 Å². The first-order chi connectivity index (χ1) is 26.5. The Labute approximate surface area is 330 Å². The van der Waals surface area contributed by atoms with Gasteiger partial charge in [0, 0.05) is 44.3 Å². The Morgan fingerprint density at radius 2 is 0.582 bits per heavy atom. The normalized spacial score (nSPS) is 11.3. The summed E-state index contributed by atoms with van der Waals surface area (Å²) >= 11 is -6.56. The minimum absolute atomic E-state index is 0.547. The summed E-state index contributed by atoms with van der Waals surface area (Å²) in [7, 11) is 0. The largest absolute Gasteiger partial charge is 1.07 e. The predicted molar refractivity (Wildman–Crippen MR) is 220 cm³/mol. The van der Waals surface area contributed by atoms with Gasteiger partial charge in [-0.25, -0.2) is 19.9 Å². The summed E-state index contributed by atoms with van der Waals surface area (Å²) in [4.78, 5) is 19.6. The first-order valence-corrected chi connectivity index (χ1v) is 21.1. The van der Waals surface area contributed by atoms with Gasteiger partial charge in [0.05, 0.1) is 0 Å². The Morgan fingerprint density at radius 3 is 0.818 bits per heavy atom. The second kappa shape index (κ2) is 15.1. The molecular weight excluding hydrogens is 718 g/mol. The second-order valence-electron chi connectivity index (χ2n) is 14.1. The van der Waals surface area contributed by atoms with Crippen LogP contribution >= 0.6 is 0 Å². The standard InChI is InChI=1S/4C11H11NO.2Al.O/c4*1-7-6-8(2)12-11-9(7)4-3-5-10(11)13;;;/h4*3-6,13H,1-2H3;;;/q;;;;2*+2;/p-4. The van der Waals surface area contributed by atoms with Crippen LogP contribution in [0.5, 0.6) is 23.0 Å². The smallest absolute Gasteiger partial charge is 0.588 e. The third-order valence-electron chi connectivity index (χ3n) is 9.66. The highest BCUT2D eigenvalue weighted by Gasteiger charge is 2.54. The van der Waals surface area contributed by atoms with E-state index in [1.54, 1.807) is 0 Å². The number of aryl methyl sites for hydroxylation is 8. The molecule has 8 rings (SSSR count). The molecular formula is C44H40Al2N4O5. The van der Waals surface area contributed by atoms with E-state index < -0.39 is 30.3 Å². The van der Waals surface area contributed by atoms with Gasteiger partial charge in [-0.1, -0.05) is 48.5 Å². The van der Waals surface area contributed by atoms with Crippen molar-refractivity contribution in [2.75, 3.05) is 0 Å². The molecule has 0 radical (unpaired) electrons. The molecule has 0 unspecified atom stereocenters. The fraction of sp³-hybridized carbons (Fsp3) is 0.182. The number of aromatic nitrogens is 4. The molecule has 4 aromatic heterocycles. The van der Waals surface area contributed by atoms with Gasteiger partial charge in [0.25, 0.3) is 0 Å². The lowest BCUT2D eigenvalue weighted by Gasteiger charge is -2.22. The van der Waals surface area contributed by atoms with Crippen LogP contribution in [0.2, 0.25) is 0 Å². The molecule has 0 amide bonds. The van der Waals surface area contributed by atoms with E-state index >= 15 is 0 Å². The van der Waals surface area contributed by atoms with Crippen molar-refractivity contribution in [2.24, 2.45) is 0 Å². The Morgan fingerprint density at radius 1 is 0.345 bits per heavy atom. The Bertz CT molecular complexity index is 2400. The van der Waals surface area contributed by atoms with Crippen LogP contribution in [0.4, 0.5) is 0 Å². The molecule has 55 heavy (non-hydrogen) atoms. The average molecular weight is 759 g/mol. The number of benzene rings is 4. The van der Waals surface area contributed by atoms with Gasteiger partial charge < -0.3 is 18.0 Å². The number of rotatable bonds is 10. The molecule has 9 nitrogen and oxygen atoms in total. The number of fused-ring (bicyclic) bond motifs is 4. The monoisotopic (exact) mass is 758 g/mol. The van der Waals surface area contributed by atoms with E-state index in [9.17, 15) is 0 Å². The van der Waals surface area contributed by atoms with Crippen molar-refractivity contribution in [1.82, 2.24) is 19.9 Å². The molecule has 0 aliphatic heterocycles. The van der Waals surface area contributed by atoms with Crippen LogP contribution in [-0.4, -0.2) is 50.2 Å². The maximum atomic E-state index is 6.98. The molecule has 4 aromatic carbocycles. The Kier molecular flexibility index (Phi) is 10.1. The molecule has 4 heterocycles. The number of pyridine rings is 4. The minimum atomic E-state index is -3.28. The number of hydrogen-bond acceptors (Lipinski definition) is 9. The van der Waals surface area contributed by atoms with E-state index in [0.29, 0.717) is 23.0 Å². The summed E-state index contributed by atoms with van der Waals surface area (Å²) in [6.45, 7) is 16.2. The quantitative estimate of drug-likeness (QED) is 0.126. The van der Waals surface area contributed by atoms with Gasteiger partial charge in [0.2, 0.25) is 0 Å². The first-order valence-electron chi connectivity index (χ1n) is 18.3. The van der Waals surface area contributed by atoms with Gasteiger partial charge in [0.15, 0.2) is 0 Å². The molecule has 8 aromatic rings. The molecule has 0 aliphatic rings. The third kappa shape index (κ3) is 7.55. The Hall–Kier alpha value is -5.26. The lowest BCUT2D eigenvalue weighted by atomic mass is 10.1. The van der Waals surface area contributed by atoms with Crippen molar-refractivity contribution in [1.29, 1.82) is 0 Å². The van der Waals surface area contributed by atoms with Crippen molar-refractivity contribution in [3.05, 3.63) is 142 Å². The molecule has 0 bridgehead atoms. The number of para-hydroxylation sites is 4. The second-order valence-corrected chi connectivity index (χ2v) is 17.3. The van der Waals surface area contributed by atoms with Crippen LogP contribution < -0.4 is 15.2 Å². The van der Waals surface area contributed by atoms with Gasteiger partial charge in [0.1, 0.15) is 45.1 Å². The van der Waals surface area contributed by atoms with Crippen LogP contribution in [0.15, 0.2) is 97.1 Å². The molecule has 0 spiro atoms. The summed E-state index contributed by atoms with van der Waals surface area (Å²) in [5, 5.41) is 3.93. The number of hydrogen-bond donors (Lipinski definition) is 0. The van der Waals surface area contributed by atoms with E-state index in [1.165, 1.54) is 0 Å². The van der Waals surface area contributed by atoms with Gasteiger partial charge in [-0.2, -0.15) is 0 Å². The van der Waals surface area contributed by atoms with Crippen LogP contribution in [0.25, 0.3) is 43.6 Å². The summed E-state index contributed by atoms with van der Waals surface area (Å²) < 4.78 is 34.4. The van der Waals surface area contributed by atoms with Crippen LogP contribution in [-0.2, 0) is 2.84 Å². The fourth-order valence-electron chi connectivity index (χ4n) is 7.27. The highest BCUT2D eigenvalue weighted by molar-refractivity contribution is 6.54. The van der Waals surface area contributed by atoms with E-state index in [1.807, 2.05) is 100 Å². The van der Waals surface area contributed by atoms with Crippen molar-refractivity contribution in [3.63, 3.8) is 0 Å². The minimum Gasteiger partial charge on any atom is -0.588 e. The lowest BCUT2D eigenvalue weighted by molar-refractivity contribution is 0.238. The molecule has 0 saturated carbocycles. The zero-order valence-corrected chi connectivity index (χ0v) is 34.5. The van der Waals surface area contributed by atoms with Gasteiger partial charge in [-0.15, -0.1) is 0 Å². The fourth-order valence-corrected chi connectivity index (χ4v) is 10.6. The maximum Gasteiger partial charge on any atom is 1.07 e. The molecule has 11 heteroatoms. The predicted octanol–water partition coefficient (Wildman–Crippen LogP) is 9.95. The Balaban J connectivity index is 1.27. The van der Waals surface area contributed by atoms with Crippen LogP contribution in [0, 0.1) is 55.4 Å². The zero-order chi connectivity index (χ0) is 38.4. The molecule has 0 N–H and O–H groups in total. The van der Waals surface area contributed by atoms with Crippen molar-refractivity contribution in [2.45, 2.75) is 55.4 Å². The molecule has 0 atom stereocenters. The molecule has 0 fully saturated rings. The van der Waals surface area contributed by atoms with Crippen LogP contribution in [0.1, 0.15) is 45.0 Å².